The Kier molecular flexibility index (Phi) is 3.31. The molecule has 0 bridgehead atoms. The van der Waals surface area contributed by atoms with Crippen molar-refractivity contribution < 1.29 is 0 Å². The van der Waals surface area contributed by atoms with E-state index < -0.39 is 0 Å². The molecule has 3 rings (SSSR count). The molecule has 0 N–H and O–H groups in total. The van der Waals surface area contributed by atoms with E-state index in [2.05, 4.69) is 61.7 Å². The van der Waals surface area contributed by atoms with Crippen molar-refractivity contribution in [2.24, 2.45) is 0 Å². The molecule has 1 heteroatoms. The summed E-state index contributed by atoms with van der Waals surface area (Å²) in [6.45, 7) is 4.27. The summed E-state index contributed by atoms with van der Waals surface area (Å²) in [5.41, 5.74) is 6.43. The fourth-order valence-electron chi connectivity index (χ4n) is 2.56. The minimum atomic E-state index is 0.995. The Labute approximate surface area is 119 Å². The monoisotopic (exact) mass is 264 g/mol. The normalized spacial score (nSPS) is 16.5. The molecule has 0 heterocycles. The number of hydrogen-bond acceptors (Lipinski definition) is 1. The van der Waals surface area contributed by atoms with Crippen LogP contribution in [0.1, 0.15) is 23.1 Å². The molecule has 0 aliphatic heterocycles. The Hall–Kier alpha value is -1.73. The molecule has 0 saturated heterocycles. The van der Waals surface area contributed by atoms with Crippen LogP contribution in [0.25, 0.3) is 11.6 Å². The third-order valence-corrected chi connectivity index (χ3v) is 3.93. The fourth-order valence-corrected chi connectivity index (χ4v) is 2.71. The minimum absolute atomic E-state index is 0.995. The highest BCUT2D eigenvalue weighted by Gasteiger charge is 2.15. The summed E-state index contributed by atoms with van der Waals surface area (Å²) in [4.78, 5) is 0.995. The van der Waals surface area contributed by atoms with Gasteiger partial charge in [0.25, 0.3) is 0 Å². The number of hydrogen-bond donors (Lipinski definition) is 1. The lowest BCUT2D eigenvalue weighted by atomic mass is 9.84. The van der Waals surface area contributed by atoms with E-state index in [-0.39, 0.29) is 0 Å². The molecular formula is C18H16S. The molecule has 94 valence electrons. The first-order valence-corrected chi connectivity index (χ1v) is 6.96. The standard InChI is InChI=1S/C18H16S/c1-13-16(12-14-6-10-17(19)11-7-14)9-8-15-4-2-3-5-18(13)15/h2-7,10-12,19H,1,8-9H2/b16-12+. The first-order chi connectivity index (χ1) is 9.24. The molecule has 0 unspecified atom stereocenters. The van der Waals surface area contributed by atoms with Gasteiger partial charge in [-0.3, -0.25) is 0 Å². The van der Waals surface area contributed by atoms with Crippen LogP contribution < -0.4 is 0 Å². The van der Waals surface area contributed by atoms with Crippen LogP contribution in [0.3, 0.4) is 0 Å². The Morgan fingerprint density at radius 1 is 0.947 bits per heavy atom. The highest BCUT2D eigenvalue weighted by atomic mass is 32.1. The van der Waals surface area contributed by atoms with Crippen LogP contribution in [0.15, 0.2) is 65.6 Å². The number of rotatable bonds is 1. The second-order valence-corrected chi connectivity index (χ2v) is 5.41. The minimum Gasteiger partial charge on any atom is -0.143 e. The van der Waals surface area contributed by atoms with E-state index in [1.54, 1.807) is 0 Å². The summed E-state index contributed by atoms with van der Waals surface area (Å²) in [5, 5.41) is 0. The van der Waals surface area contributed by atoms with Crippen LogP contribution in [-0.4, -0.2) is 0 Å². The van der Waals surface area contributed by atoms with E-state index in [0.717, 1.165) is 23.3 Å². The van der Waals surface area contributed by atoms with Gasteiger partial charge in [-0.1, -0.05) is 49.1 Å². The zero-order valence-electron chi connectivity index (χ0n) is 10.8. The van der Waals surface area contributed by atoms with Gasteiger partial charge in [-0.05, 0) is 52.8 Å². The third-order valence-electron chi connectivity index (χ3n) is 3.63. The van der Waals surface area contributed by atoms with E-state index in [1.165, 1.54) is 22.3 Å². The van der Waals surface area contributed by atoms with Gasteiger partial charge in [-0.2, -0.15) is 0 Å². The molecule has 19 heavy (non-hydrogen) atoms. The molecule has 1 aliphatic carbocycles. The molecule has 0 saturated carbocycles. The maximum absolute atomic E-state index is 4.31. The number of allylic oxidation sites excluding steroid dienone is 2. The Bertz CT molecular complexity index is 648. The predicted molar refractivity (Wildman–Crippen MR) is 85.5 cm³/mol. The maximum Gasteiger partial charge on any atom is 0.00403 e. The van der Waals surface area contributed by atoms with Gasteiger partial charge in [0.1, 0.15) is 0 Å². The van der Waals surface area contributed by atoms with Gasteiger partial charge in [0.15, 0.2) is 0 Å². The van der Waals surface area contributed by atoms with Crippen molar-refractivity contribution in [2.75, 3.05) is 0 Å². The highest BCUT2D eigenvalue weighted by Crippen LogP contribution is 2.34. The summed E-state index contributed by atoms with van der Waals surface area (Å²) in [6, 6.07) is 16.8. The smallest absolute Gasteiger partial charge is 0.00403 e. The van der Waals surface area contributed by atoms with Gasteiger partial charge < -0.3 is 0 Å². The number of fused-ring (bicyclic) bond motifs is 1. The van der Waals surface area contributed by atoms with E-state index in [0.29, 0.717) is 0 Å². The van der Waals surface area contributed by atoms with Gasteiger partial charge in [-0.15, -0.1) is 12.6 Å². The van der Waals surface area contributed by atoms with Crippen molar-refractivity contribution >= 4 is 24.3 Å². The SMILES string of the molecule is C=C1/C(=C/c2ccc(S)cc2)CCc2ccccc21. The average Bonchev–Trinajstić information content (AvgIpc) is 2.45. The van der Waals surface area contributed by atoms with Crippen LogP contribution in [-0.2, 0) is 6.42 Å². The predicted octanol–water partition coefficient (Wildman–Crippen LogP) is 5.02. The van der Waals surface area contributed by atoms with Crippen LogP contribution in [0, 0.1) is 0 Å². The first-order valence-electron chi connectivity index (χ1n) is 6.51. The molecule has 0 nitrogen and oxygen atoms in total. The van der Waals surface area contributed by atoms with Gasteiger partial charge in [-0.25, -0.2) is 0 Å². The lowest BCUT2D eigenvalue weighted by molar-refractivity contribution is 0.946. The van der Waals surface area contributed by atoms with E-state index >= 15 is 0 Å². The molecule has 2 aromatic carbocycles. The molecule has 0 amide bonds. The van der Waals surface area contributed by atoms with E-state index in [9.17, 15) is 0 Å². The second kappa shape index (κ2) is 5.10. The van der Waals surface area contributed by atoms with Gasteiger partial charge in [0.2, 0.25) is 0 Å². The molecule has 0 atom stereocenters. The van der Waals surface area contributed by atoms with Crippen LogP contribution in [0.2, 0.25) is 0 Å². The summed E-state index contributed by atoms with van der Waals surface area (Å²) in [6.07, 6.45) is 4.41. The second-order valence-electron chi connectivity index (χ2n) is 4.90. The topological polar surface area (TPSA) is 0 Å². The van der Waals surface area contributed by atoms with Crippen molar-refractivity contribution in [3.05, 3.63) is 77.4 Å². The molecule has 0 radical (unpaired) electrons. The third kappa shape index (κ3) is 2.52. The fraction of sp³-hybridized carbons (Fsp3) is 0.111. The Morgan fingerprint density at radius 2 is 1.68 bits per heavy atom. The van der Waals surface area contributed by atoms with Crippen molar-refractivity contribution in [1.82, 2.24) is 0 Å². The molecule has 0 aromatic heterocycles. The van der Waals surface area contributed by atoms with E-state index in [4.69, 9.17) is 0 Å². The van der Waals surface area contributed by atoms with E-state index in [1.807, 2.05) is 12.1 Å². The van der Waals surface area contributed by atoms with Crippen molar-refractivity contribution in [2.45, 2.75) is 17.7 Å². The maximum atomic E-state index is 4.31. The quantitative estimate of drug-likeness (QED) is 0.687. The largest absolute Gasteiger partial charge is 0.143 e. The van der Waals surface area contributed by atoms with Gasteiger partial charge >= 0.3 is 0 Å². The molecule has 2 aromatic rings. The number of aryl methyl sites for hydroxylation is 1. The van der Waals surface area contributed by atoms with Crippen LogP contribution >= 0.6 is 12.6 Å². The highest BCUT2D eigenvalue weighted by molar-refractivity contribution is 7.80. The lowest BCUT2D eigenvalue weighted by Gasteiger charge is -2.21. The number of thiol groups is 1. The zero-order valence-corrected chi connectivity index (χ0v) is 11.7. The molecule has 0 spiro atoms. The Balaban J connectivity index is 1.96. The Morgan fingerprint density at radius 3 is 2.47 bits per heavy atom. The first kappa shape index (κ1) is 12.3. The van der Waals surface area contributed by atoms with Crippen LogP contribution in [0.4, 0.5) is 0 Å². The van der Waals surface area contributed by atoms with Crippen LogP contribution in [0.5, 0.6) is 0 Å². The van der Waals surface area contributed by atoms with Crippen molar-refractivity contribution in [1.29, 1.82) is 0 Å². The zero-order chi connectivity index (χ0) is 13.2. The summed E-state index contributed by atoms with van der Waals surface area (Å²) >= 11 is 4.31. The number of benzene rings is 2. The van der Waals surface area contributed by atoms with Crippen molar-refractivity contribution in [3.63, 3.8) is 0 Å². The van der Waals surface area contributed by atoms with Crippen molar-refractivity contribution in [3.8, 4) is 0 Å². The van der Waals surface area contributed by atoms with Gasteiger partial charge in [0, 0.05) is 4.90 Å². The molecule has 0 fully saturated rings. The summed E-state index contributed by atoms with van der Waals surface area (Å²) in [5.74, 6) is 0. The summed E-state index contributed by atoms with van der Waals surface area (Å²) < 4.78 is 0. The average molecular weight is 264 g/mol. The lowest BCUT2D eigenvalue weighted by Crippen LogP contribution is -2.03. The molecule has 1 aliphatic rings. The summed E-state index contributed by atoms with van der Waals surface area (Å²) in [7, 11) is 0. The van der Waals surface area contributed by atoms with Gasteiger partial charge in [0.05, 0.1) is 0 Å². The molecular weight excluding hydrogens is 248 g/mol.